The Kier molecular flexibility index (Phi) is 7.00. The number of amides is 3. The number of rotatable bonds is 6. The van der Waals surface area contributed by atoms with E-state index >= 15 is 0 Å². The predicted octanol–water partition coefficient (Wildman–Crippen LogP) is 2.56. The third kappa shape index (κ3) is 5.20. The fraction of sp³-hybridized carbons (Fsp3) is 0.348. The van der Waals surface area contributed by atoms with Crippen LogP contribution in [0.5, 0.6) is 0 Å². The molecule has 3 heterocycles. The Hall–Kier alpha value is -3.30. The molecule has 3 amide bonds. The Morgan fingerprint density at radius 3 is 2.52 bits per heavy atom. The average molecular weight is 473 g/mol. The van der Waals surface area contributed by atoms with Crippen molar-refractivity contribution in [3.8, 4) is 0 Å². The summed E-state index contributed by atoms with van der Waals surface area (Å²) in [5.74, 6) is -0.331. The Bertz CT molecular complexity index is 1040. The molecular weight excluding hydrogens is 448 g/mol. The van der Waals surface area contributed by atoms with E-state index < -0.39 is 18.0 Å². The maximum atomic E-state index is 12.9. The molecule has 10 heteroatoms. The SMILES string of the molecule is CCOC(=O)C1=C(CN2CCN(C(=O)c3ccco3)CC2)NC(=O)N[C@H]1c1ccc(Cl)cc1. The predicted molar refractivity (Wildman–Crippen MR) is 121 cm³/mol. The first kappa shape index (κ1) is 22.9. The van der Waals surface area contributed by atoms with Crippen LogP contribution in [-0.4, -0.2) is 67.0 Å². The number of esters is 1. The Morgan fingerprint density at radius 1 is 1.15 bits per heavy atom. The van der Waals surface area contributed by atoms with Gasteiger partial charge in [-0.25, -0.2) is 9.59 Å². The van der Waals surface area contributed by atoms with Crippen LogP contribution in [0.1, 0.15) is 29.1 Å². The number of hydrogen-bond acceptors (Lipinski definition) is 6. The zero-order valence-electron chi connectivity index (χ0n) is 18.2. The second kappa shape index (κ2) is 10.1. The lowest BCUT2D eigenvalue weighted by atomic mass is 9.95. The van der Waals surface area contributed by atoms with E-state index in [2.05, 4.69) is 15.5 Å². The number of furan rings is 1. The summed E-state index contributed by atoms with van der Waals surface area (Å²) in [5, 5.41) is 6.16. The van der Waals surface area contributed by atoms with E-state index in [1.807, 2.05) is 0 Å². The van der Waals surface area contributed by atoms with Crippen LogP contribution in [0, 0.1) is 0 Å². The molecule has 2 aromatic rings. The maximum absolute atomic E-state index is 12.9. The molecule has 2 N–H and O–H groups in total. The molecule has 1 aromatic carbocycles. The second-order valence-electron chi connectivity index (χ2n) is 7.74. The van der Waals surface area contributed by atoms with Gasteiger partial charge in [0.05, 0.1) is 24.5 Å². The van der Waals surface area contributed by atoms with E-state index in [9.17, 15) is 14.4 Å². The van der Waals surface area contributed by atoms with Gasteiger partial charge in [-0.3, -0.25) is 9.69 Å². The molecule has 174 valence electrons. The average Bonchev–Trinajstić information content (AvgIpc) is 3.34. The summed E-state index contributed by atoms with van der Waals surface area (Å²) >= 11 is 6.01. The van der Waals surface area contributed by atoms with Gasteiger partial charge in [-0.15, -0.1) is 0 Å². The van der Waals surface area contributed by atoms with E-state index in [-0.39, 0.29) is 12.5 Å². The third-order valence-electron chi connectivity index (χ3n) is 5.63. The van der Waals surface area contributed by atoms with E-state index in [0.29, 0.717) is 54.8 Å². The molecule has 0 radical (unpaired) electrons. The lowest BCUT2D eigenvalue weighted by molar-refractivity contribution is -0.139. The largest absolute Gasteiger partial charge is 0.463 e. The van der Waals surface area contributed by atoms with Crippen LogP contribution in [0.2, 0.25) is 5.02 Å². The van der Waals surface area contributed by atoms with E-state index in [0.717, 1.165) is 5.56 Å². The molecule has 2 aliphatic heterocycles. The highest BCUT2D eigenvalue weighted by Gasteiger charge is 2.35. The summed E-state index contributed by atoms with van der Waals surface area (Å²) in [6.45, 7) is 4.48. The number of nitrogens with one attached hydrogen (secondary N) is 2. The number of carbonyl (C=O) groups is 3. The van der Waals surface area contributed by atoms with Gasteiger partial charge in [0.1, 0.15) is 0 Å². The number of piperazine rings is 1. The Labute approximate surface area is 196 Å². The summed E-state index contributed by atoms with van der Waals surface area (Å²) in [7, 11) is 0. The van der Waals surface area contributed by atoms with Crippen molar-refractivity contribution in [2.24, 2.45) is 0 Å². The normalized spacial score (nSPS) is 19.2. The molecule has 0 aliphatic carbocycles. The zero-order chi connectivity index (χ0) is 23.4. The summed E-state index contributed by atoms with van der Waals surface area (Å²) in [6.07, 6.45) is 1.48. The summed E-state index contributed by atoms with van der Waals surface area (Å²) < 4.78 is 10.5. The molecule has 1 fully saturated rings. The van der Waals surface area contributed by atoms with Crippen LogP contribution in [0.25, 0.3) is 0 Å². The fourth-order valence-corrected chi connectivity index (χ4v) is 4.11. The first-order chi connectivity index (χ1) is 16.0. The van der Waals surface area contributed by atoms with Crippen LogP contribution in [0.15, 0.2) is 58.3 Å². The lowest BCUT2D eigenvalue weighted by Gasteiger charge is -2.36. The van der Waals surface area contributed by atoms with Crippen molar-refractivity contribution in [3.63, 3.8) is 0 Å². The minimum Gasteiger partial charge on any atom is -0.463 e. The highest BCUT2D eigenvalue weighted by atomic mass is 35.5. The number of nitrogens with zero attached hydrogens (tertiary/aromatic N) is 2. The van der Waals surface area contributed by atoms with Gasteiger partial charge in [-0.1, -0.05) is 23.7 Å². The van der Waals surface area contributed by atoms with E-state index in [1.165, 1.54) is 6.26 Å². The van der Waals surface area contributed by atoms with Gasteiger partial charge in [0.25, 0.3) is 5.91 Å². The van der Waals surface area contributed by atoms with Crippen molar-refractivity contribution < 1.29 is 23.5 Å². The van der Waals surface area contributed by atoms with Crippen molar-refractivity contribution in [2.75, 3.05) is 39.3 Å². The van der Waals surface area contributed by atoms with Gasteiger partial charge in [-0.05, 0) is 36.8 Å². The van der Waals surface area contributed by atoms with Gasteiger partial charge in [0.15, 0.2) is 5.76 Å². The number of ether oxygens (including phenoxy) is 1. The highest BCUT2D eigenvalue weighted by Crippen LogP contribution is 2.29. The van der Waals surface area contributed by atoms with Gasteiger partial charge >= 0.3 is 12.0 Å². The molecule has 1 atom stereocenters. The molecule has 0 spiro atoms. The highest BCUT2D eigenvalue weighted by molar-refractivity contribution is 6.30. The second-order valence-corrected chi connectivity index (χ2v) is 8.18. The van der Waals surface area contributed by atoms with Crippen LogP contribution in [-0.2, 0) is 9.53 Å². The molecule has 1 aromatic heterocycles. The zero-order valence-corrected chi connectivity index (χ0v) is 18.9. The monoisotopic (exact) mass is 472 g/mol. The molecule has 0 unspecified atom stereocenters. The number of carbonyl (C=O) groups excluding carboxylic acids is 3. The van der Waals surface area contributed by atoms with Gasteiger partial charge in [0.2, 0.25) is 0 Å². The van der Waals surface area contributed by atoms with Crippen LogP contribution < -0.4 is 10.6 Å². The van der Waals surface area contributed by atoms with Crippen molar-refractivity contribution in [3.05, 3.63) is 70.3 Å². The summed E-state index contributed by atoms with van der Waals surface area (Å²) in [5.41, 5.74) is 1.57. The van der Waals surface area contributed by atoms with Gasteiger partial charge in [-0.2, -0.15) is 0 Å². The summed E-state index contributed by atoms with van der Waals surface area (Å²) in [6, 6.07) is 9.24. The fourth-order valence-electron chi connectivity index (χ4n) is 3.99. The van der Waals surface area contributed by atoms with Crippen molar-refractivity contribution in [1.29, 1.82) is 0 Å². The van der Waals surface area contributed by atoms with Crippen molar-refractivity contribution in [1.82, 2.24) is 20.4 Å². The lowest BCUT2D eigenvalue weighted by Crippen LogP contribution is -2.52. The topological polar surface area (TPSA) is 104 Å². The smallest absolute Gasteiger partial charge is 0.338 e. The Morgan fingerprint density at radius 2 is 1.88 bits per heavy atom. The third-order valence-corrected chi connectivity index (χ3v) is 5.88. The summed E-state index contributed by atoms with van der Waals surface area (Å²) in [4.78, 5) is 41.7. The van der Waals surface area contributed by atoms with Crippen LogP contribution >= 0.6 is 11.6 Å². The minimum atomic E-state index is -0.660. The van der Waals surface area contributed by atoms with Crippen molar-refractivity contribution in [2.45, 2.75) is 13.0 Å². The molecule has 0 saturated carbocycles. The molecule has 1 saturated heterocycles. The molecular formula is C23H25ClN4O5. The van der Waals surface area contributed by atoms with Crippen LogP contribution in [0.3, 0.4) is 0 Å². The molecule has 2 aliphatic rings. The van der Waals surface area contributed by atoms with Crippen molar-refractivity contribution >= 4 is 29.5 Å². The molecule has 33 heavy (non-hydrogen) atoms. The van der Waals surface area contributed by atoms with Gasteiger partial charge in [0, 0.05) is 43.4 Å². The molecule has 0 bridgehead atoms. The number of halogens is 1. The quantitative estimate of drug-likeness (QED) is 0.626. The number of urea groups is 1. The Balaban J connectivity index is 1.53. The van der Waals surface area contributed by atoms with Gasteiger partial charge < -0.3 is 24.7 Å². The minimum absolute atomic E-state index is 0.149. The molecule has 4 rings (SSSR count). The first-order valence-corrected chi connectivity index (χ1v) is 11.1. The number of hydrogen-bond donors (Lipinski definition) is 2. The number of benzene rings is 1. The van der Waals surface area contributed by atoms with E-state index in [4.69, 9.17) is 20.8 Å². The van der Waals surface area contributed by atoms with E-state index in [1.54, 1.807) is 48.2 Å². The van der Waals surface area contributed by atoms with Crippen LogP contribution in [0.4, 0.5) is 4.79 Å². The first-order valence-electron chi connectivity index (χ1n) is 10.7. The maximum Gasteiger partial charge on any atom is 0.338 e. The molecule has 9 nitrogen and oxygen atoms in total. The standard InChI is InChI=1S/C23H25ClN4O5/c1-2-32-22(30)19-17(25-23(31)26-20(19)15-5-7-16(24)8-6-15)14-27-9-11-28(12-10-27)21(29)18-4-3-13-33-18/h3-8,13,20H,2,9-12,14H2,1H3,(H2,25,26,31)/t20-/m0/s1.